The summed E-state index contributed by atoms with van der Waals surface area (Å²) in [6, 6.07) is -3.00. The molecule has 3 rings (SSSR count). The van der Waals surface area contributed by atoms with Crippen LogP contribution in [-0.2, 0) is 28.7 Å². The fourth-order valence-electron chi connectivity index (χ4n) is 5.52. The number of likely N-dealkylation sites (tertiary alicyclic amines) is 1. The molecule has 0 aromatic carbocycles. The highest BCUT2D eigenvalue weighted by Gasteiger charge is 2.53. The zero-order chi connectivity index (χ0) is 29.2. The first-order chi connectivity index (χ1) is 18.0. The Labute approximate surface area is 230 Å². The third-order valence-electron chi connectivity index (χ3n) is 7.54. The summed E-state index contributed by atoms with van der Waals surface area (Å²) in [6.45, 7) is 11.9. The van der Waals surface area contributed by atoms with E-state index in [1.54, 1.807) is 20.8 Å². The molecule has 0 aromatic rings. The average molecular weight is 552 g/mol. The number of rotatable bonds is 7. The lowest BCUT2D eigenvalue weighted by molar-refractivity contribution is -0.143. The molecule has 12 heteroatoms. The lowest BCUT2D eigenvalue weighted by Crippen LogP contribution is -2.59. The third-order valence-corrected chi connectivity index (χ3v) is 7.54. The van der Waals surface area contributed by atoms with Gasteiger partial charge >= 0.3 is 6.09 Å². The average Bonchev–Trinajstić information content (AvgIpc) is 3.38. The Balaban J connectivity index is 1.85. The van der Waals surface area contributed by atoms with E-state index in [0.29, 0.717) is 26.0 Å². The van der Waals surface area contributed by atoms with Crippen molar-refractivity contribution in [1.82, 2.24) is 20.9 Å². The molecule has 0 aromatic heterocycles. The van der Waals surface area contributed by atoms with Crippen LogP contribution in [0, 0.1) is 11.3 Å². The summed E-state index contributed by atoms with van der Waals surface area (Å²) in [6.07, 6.45) is 2.63. The number of ether oxygens (including phenoxy) is 2. The number of primary amides is 1. The molecular formula is C27H45N5O7. The summed E-state index contributed by atoms with van der Waals surface area (Å²) in [7, 11) is 0. The van der Waals surface area contributed by atoms with Crippen molar-refractivity contribution in [3.8, 4) is 0 Å². The minimum absolute atomic E-state index is 0.0834. The smallest absolute Gasteiger partial charge is 0.408 e. The molecular weight excluding hydrogens is 506 g/mol. The Morgan fingerprint density at radius 2 is 1.85 bits per heavy atom. The van der Waals surface area contributed by atoms with Crippen LogP contribution in [-0.4, -0.2) is 83.6 Å². The number of nitrogens with one attached hydrogen (secondary N) is 3. The maximum Gasteiger partial charge on any atom is 0.408 e. The highest BCUT2D eigenvalue weighted by molar-refractivity contribution is 5.95. The largest absolute Gasteiger partial charge is 0.444 e. The van der Waals surface area contributed by atoms with Crippen LogP contribution < -0.4 is 21.7 Å². The van der Waals surface area contributed by atoms with Gasteiger partial charge in [-0.05, 0) is 58.3 Å². The molecule has 0 bridgehead atoms. The van der Waals surface area contributed by atoms with Gasteiger partial charge in [-0.15, -0.1) is 0 Å². The number of amides is 5. The zero-order valence-corrected chi connectivity index (χ0v) is 24.1. The number of carbonyl (C=O) groups excluding carboxylic acids is 5. The molecule has 5 atom stereocenters. The summed E-state index contributed by atoms with van der Waals surface area (Å²) in [5, 5.41) is 8.14. The van der Waals surface area contributed by atoms with E-state index in [9.17, 15) is 24.0 Å². The van der Waals surface area contributed by atoms with Crippen molar-refractivity contribution in [2.24, 2.45) is 17.1 Å². The van der Waals surface area contributed by atoms with Crippen LogP contribution in [0.2, 0.25) is 0 Å². The van der Waals surface area contributed by atoms with E-state index in [1.807, 2.05) is 20.8 Å². The van der Waals surface area contributed by atoms with Gasteiger partial charge in [-0.2, -0.15) is 0 Å². The number of hydrogen-bond donors (Lipinski definition) is 4. The molecule has 5 amide bonds. The molecule has 220 valence electrons. The van der Waals surface area contributed by atoms with Crippen LogP contribution >= 0.6 is 0 Å². The molecule has 3 fully saturated rings. The molecule has 39 heavy (non-hydrogen) atoms. The van der Waals surface area contributed by atoms with Gasteiger partial charge in [-0.1, -0.05) is 20.8 Å². The van der Waals surface area contributed by atoms with Gasteiger partial charge in [0.05, 0.1) is 12.1 Å². The molecule has 3 saturated heterocycles. The quantitative estimate of drug-likeness (QED) is 0.365. The summed E-state index contributed by atoms with van der Waals surface area (Å²) in [5.41, 5.74) is 3.44. The lowest BCUT2D eigenvalue weighted by Gasteiger charge is -2.37. The molecule has 5 N–H and O–H groups in total. The van der Waals surface area contributed by atoms with Crippen molar-refractivity contribution in [2.45, 2.75) is 109 Å². The van der Waals surface area contributed by atoms with E-state index in [1.165, 1.54) is 4.90 Å². The maximum absolute atomic E-state index is 14.1. The van der Waals surface area contributed by atoms with Gasteiger partial charge in [0.1, 0.15) is 23.7 Å². The van der Waals surface area contributed by atoms with Gasteiger partial charge in [0.15, 0.2) is 0 Å². The van der Waals surface area contributed by atoms with E-state index in [-0.39, 0.29) is 25.3 Å². The minimum Gasteiger partial charge on any atom is -0.444 e. The number of nitrogens with zero attached hydrogens (tertiary/aromatic N) is 1. The number of hydrogen-bond acceptors (Lipinski definition) is 7. The van der Waals surface area contributed by atoms with Crippen LogP contribution in [0.15, 0.2) is 0 Å². The zero-order valence-electron chi connectivity index (χ0n) is 24.1. The maximum atomic E-state index is 14.1. The SMILES string of the molecule is CC(C)(C)OC(=O)N[C@H](C(=O)N1CC2(CCCCO2)C[C@H]1C(=O)N[C@@H](C[C@@H]1CCNC1=O)C(N)=O)C(C)(C)C. The Morgan fingerprint density at radius 3 is 2.36 bits per heavy atom. The highest BCUT2D eigenvalue weighted by atomic mass is 16.6. The Bertz CT molecular complexity index is 965. The van der Waals surface area contributed by atoms with Crippen molar-refractivity contribution >= 4 is 29.7 Å². The molecule has 3 aliphatic heterocycles. The highest BCUT2D eigenvalue weighted by Crippen LogP contribution is 2.39. The second-order valence-corrected chi connectivity index (χ2v) is 13.1. The molecule has 12 nitrogen and oxygen atoms in total. The van der Waals surface area contributed by atoms with Crippen molar-refractivity contribution in [2.75, 3.05) is 19.7 Å². The van der Waals surface area contributed by atoms with Gasteiger partial charge in [0.25, 0.3) is 0 Å². The van der Waals surface area contributed by atoms with E-state index in [4.69, 9.17) is 15.2 Å². The van der Waals surface area contributed by atoms with Gasteiger partial charge < -0.3 is 36.1 Å². The number of carbonyl (C=O) groups is 5. The molecule has 3 heterocycles. The number of alkyl carbamates (subject to hydrolysis) is 1. The minimum atomic E-state index is -1.06. The first-order valence-electron chi connectivity index (χ1n) is 13.8. The van der Waals surface area contributed by atoms with Gasteiger partial charge in [0.2, 0.25) is 23.6 Å². The van der Waals surface area contributed by atoms with Crippen LogP contribution in [0.5, 0.6) is 0 Å². The summed E-state index contributed by atoms with van der Waals surface area (Å²) < 4.78 is 11.5. The predicted molar refractivity (Wildman–Crippen MR) is 142 cm³/mol. The predicted octanol–water partition coefficient (Wildman–Crippen LogP) is 0.962. The van der Waals surface area contributed by atoms with E-state index in [0.717, 1.165) is 12.8 Å². The van der Waals surface area contributed by atoms with E-state index >= 15 is 0 Å². The number of nitrogens with two attached hydrogens (primary N) is 1. The Morgan fingerprint density at radius 1 is 1.15 bits per heavy atom. The molecule has 0 saturated carbocycles. The van der Waals surface area contributed by atoms with Crippen molar-refractivity contribution in [3.05, 3.63) is 0 Å². The van der Waals surface area contributed by atoms with Gasteiger partial charge in [-0.25, -0.2) is 4.79 Å². The van der Waals surface area contributed by atoms with Crippen LogP contribution in [0.25, 0.3) is 0 Å². The first-order valence-corrected chi connectivity index (χ1v) is 13.8. The Hall–Kier alpha value is -2.89. The third kappa shape index (κ3) is 7.83. The summed E-state index contributed by atoms with van der Waals surface area (Å²) >= 11 is 0. The second-order valence-electron chi connectivity index (χ2n) is 13.1. The molecule has 1 spiro atoms. The van der Waals surface area contributed by atoms with Crippen LogP contribution in [0.1, 0.15) is 80.1 Å². The van der Waals surface area contributed by atoms with Gasteiger partial charge in [-0.3, -0.25) is 19.2 Å². The fraction of sp³-hybridized carbons (Fsp3) is 0.815. The molecule has 3 aliphatic rings. The summed E-state index contributed by atoms with van der Waals surface area (Å²) in [5.74, 6) is -2.34. The fourth-order valence-corrected chi connectivity index (χ4v) is 5.52. The molecule has 1 unspecified atom stereocenters. The Kier molecular flexibility index (Phi) is 9.19. The van der Waals surface area contributed by atoms with E-state index in [2.05, 4.69) is 16.0 Å². The normalized spacial score (nSPS) is 27.0. The molecule has 0 radical (unpaired) electrons. The topological polar surface area (TPSA) is 169 Å². The van der Waals surface area contributed by atoms with Gasteiger partial charge in [0, 0.05) is 25.5 Å². The van der Waals surface area contributed by atoms with Crippen LogP contribution in [0.3, 0.4) is 0 Å². The van der Waals surface area contributed by atoms with Crippen molar-refractivity contribution in [1.29, 1.82) is 0 Å². The van der Waals surface area contributed by atoms with Crippen LogP contribution in [0.4, 0.5) is 4.79 Å². The first kappa shape index (κ1) is 30.6. The lowest BCUT2D eigenvalue weighted by atomic mass is 9.85. The summed E-state index contributed by atoms with van der Waals surface area (Å²) in [4.78, 5) is 66.1. The second kappa shape index (κ2) is 11.7. The monoisotopic (exact) mass is 551 g/mol. The van der Waals surface area contributed by atoms with E-state index < -0.39 is 64.5 Å². The molecule has 0 aliphatic carbocycles. The van der Waals surface area contributed by atoms with Crippen molar-refractivity contribution in [3.63, 3.8) is 0 Å². The van der Waals surface area contributed by atoms with Crippen molar-refractivity contribution < 1.29 is 33.4 Å². The standard InChI is InChI=1S/C27H45N5O7/c1-25(2,3)19(31-24(37)39-26(4,5)6)23(36)32-15-27(10-7-8-12-38-27)14-18(32)22(35)30-17(20(28)33)13-16-9-11-29-21(16)34/h16-19H,7-15H2,1-6H3,(H2,28,33)(H,29,34)(H,30,35)(H,31,37)/t16-,17-,18-,19+,27?/m0/s1.